The summed E-state index contributed by atoms with van der Waals surface area (Å²) in [6.45, 7) is 1.28. The van der Waals surface area contributed by atoms with E-state index in [1.807, 2.05) is 0 Å². The van der Waals surface area contributed by atoms with Crippen molar-refractivity contribution in [2.45, 2.75) is 19.0 Å². The highest BCUT2D eigenvalue weighted by Gasteiger charge is 2.25. The molecule has 0 aliphatic heterocycles. The van der Waals surface area contributed by atoms with Crippen LogP contribution in [0.4, 0.5) is 8.78 Å². The molecule has 0 spiro atoms. The van der Waals surface area contributed by atoms with Crippen LogP contribution in [0.1, 0.15) is 13.3 Å². The SMILES string of the molecule is CC1(F)C=C(O)C(F)=CC1. The fourth-order valence-corrected chi connectivity index (χ4v) is 0.807. The van der Waals surface area contributed by atoms with Gasteiger partial charge in [0.15, 0.2) is 5.83 Å². The fraction of sp³-hybridized carbons (Fsp3) is 0.429. The van der Waals surface area contributed by atoms with Crippen LogP contribution in [-0.2, 0) is 0 Å². The van der Waals surface area contributed by atoms with E-state index in [9.17, 15) is 8.78 Å². The van der Waals surface area contributed by atoms with Crippen LogP contribution >= 0.6 is 0 Å². The van der Waals surface area contributed by atoms with Crippen molar-refractivity contribution in [2.24, 2.45) is 0 Å². The zero-order valence-electron chi connectivity index (χ0n) is 5.56. The highest BCUT2D eigenvalue weighted by atomic mass is 19.1. The second kappa shape index (κ2) is 2.08. The maximum Gasteiger partial charge on any atom is 0.160 e. The summed E-state index contributed by atoms with van der Waals surface area (Å²) < 4.78 is 25.1. The van der Waals surface area contributed by atoms with Crippen LogP contribution < -0.4 is 0 Å². The average Bonchev–Trinajstić information content (AvgIpc) is 1.79. The van der Waals surface area contributed by atoms with E-state index in [0.717, 1.165) is 12.2 Å². The smallest absolute Gasteiger partial charge is 0.160 e. The Labute approximate surface area is 57.7 Å². The summed E-state index contributed by atoms with van der Waals surface area (Å²) in [4.78, 5) is 0. The number of rotatable bonds is 0. The molecular weight excluding hydrogens is 138 g/mol. The number of aliphatic hydroxyl groups excluding tert-OH is 1. The molecule has 1 atom stereocenters. The molecule has 1 N–H and O–H groups in total. The summed E-state index contributed by atoms with van der Waals surface area (Å²) >= 11 is 0. The van der Waals surface area contributed by atoms with Crippen LogP contribution in [0.15, 0.2) is 23.7 Å². The highest BCUT2D eigenvalue weighted by Crippen LogP contribution is 2.27. The van der Waals surface area contributed by atoms with Crippen LogP contribution in [0.2, 0.25) is 0 Å². The molecule has 1 aliphatic carbocycles. The minimum atomic E-state index is -1.60. The molecular formula is C7H8F2O. The van der Waals surface area contributed by atoms with Gasteiger partial charge in [-0.05, 0) is 19.1 Å². The van der Waals surface area contributed by atoms with Gasteiger partial charge in [0.05, 0.1) is 0 Å². The van der Waals surface area contributed by atoms with Crippen molar-refractivity contribution in [3.05, 3.63) is 23.7 Å². The van der Waals surface area contributed by atoms with Crippen molar-refractivity contribution in [3.63, 3.8) is 0 Å². The number of allylic oxidation sites excluding steroid dienone is 3. The minimum absolute atomic E-state index is 0.0110. The number of hydrogen-bond acceptors (Lipinski definition) is 1. The minimum Gasteiger partial charge on any atom is -0.505 e. The zero-order chi connectivity index (χ0) is 7.78. The van der Waals surface area contributed by atoms with Gasteiger partial charge >= 0.3 is 0 Å². The third-order valence-electron chi connectivity index (χ3n) is 1.36. The molecule has 1 aliphatic rings. The van der Waals surface area contributed by atoms with Crippen LogP contribution in [0.5, 0.6) is 0 Å². The van der Waals surface area contributed by atoms with Gasteiger partial charge in [0.1, 0.15) is 11.4 Å². The molecule has 0 bridgehead atoms. The van der Waals surface area contributed by atoms with Crippen molar-refractivity contribution < 1.29 is 13.9 Å². The number of hydrogen-bond donors (Lipinski definition) is 1. The summed E-state index contributed by atoms with van der Waals surface area (Å²) in [6, 6.07) is 0. The molecule has 1 nitrogen and oxygen atoms in total. The van der Waals surface area contributed by atoms with E-state index in [0.29, 0.717) is 0 Å². The molecule has 10 heavy (non-hydrogen) atoms. The molecule has 0 saturated heterocycles. The Kier molecular flexibility index (Phi) is 1.50. The highest BCUT2D eigenvalue weighted by molar-refractivity contribution is 5.27. The monoisotopic (exact) mass is 146 g/mol. The number of alkyl halides is 1. The molecule has 0 heterocycles. The van der Waals surface area contributed by atoms with Gasteiger partial charge in [-0.1, -0.05) is 0 Å². The van der Waals surface area contributed by atoms with Crippen LogP contribution in [-0.4, -0.2) is 10.8 Å². The third kappa shape index (κ3) is 1.35. The first-order chi connectivity index (χ1) is 4.51. The predicted octanol–water partition coefficient (Wildman–Crippen LogP) is 2.41. The van der Waals surface area contributed by atoms with Crippen LogP contribution in [0.3, 0.4) is 0 Å². The van der Waals surface area contributed by atoms with E-state index in [1.165, 1.54) is 6.92 Å². The van der Waals surface area contributed by atoms with Crippen molar-refractivity contribution >= 4 is 0 Å². The van der Waals surface area contributed by atoms with Crippen molar-refractivity contribution in [1.29, 1.82) is 0 Å². The number of halogens is 2. The average molecular weight is 146 g/mol. The molecule has 0 saturated carbocycles. The predicted molar refractivity (Wildman–Crippen MR) is 34.0 cm³/mol. The van der Waals surface area contributed by atoms with Crippen molar-refractivity contribution in [2.75, 3.05) is 0 Å². The first kappa shape index (κ1) is 7.25. The third-order valence-corrected chi connectivity index (χ3v) is 1.36. The molecule has 3 heteroatoms. The molecule has 0 aromatic rings. The van der Waals surface area contributed by atoms with Gasteiger partial charge in [-0.3, -0.25) is 0 Å². The van der Waals surface area contributed by atoms with E-state index < -0.39 is 17.3 Å². The fourth-order valence-electron chi connectivity index (χ4n) is 0.807. The molecule has 0 aromatic carbocycles. The largest absolute Gasteiger partial charge is 0.505 e. The standard InChI is InChI=1S/C7H8F2O/c1-7(9)3-2-5(8)6(10)4-7/h2,4,10H,3H2,1H3. The quantitative estimate of drug-likeness (QED) is 0.556. The summed E-state index contributed by atoms with van der Waals surface area (Å²) in [7, 11) is 0. The van der Waals surface area contributed by atoms with Gasteiger partial charge in [0.2, 0.25) is 0 Å². The first-order valence-corrected chi connectivity index (χ1v) is 2.98. The molecule has 1 rings (SSSR count). The normalized spacial score (nSPS) is 33.1. The Hall–Kier alpha value is -0.860. The van der Waals surface area contributed by atoms with E-state index in [-0.39, 0.29) is 6.42 Å². The Morgan fingerprint density at radius 2 is 2.30 bits per heavy atom. The van der Waals surface area contributed by atoms with E-state index in [4.69, 9.17) is 5.11 Å². The van der Waals surface area contributed by atoms with E-state index in [1.54, 1.807) is 0 Å². The van der Waals surface area contributed by atoms with Crippen molar-refractivity contribution in [1.82, 2.24) is 0 Å². The summed E-state index contributed by atoms with van der Waals surface area (Å²) in [6.07, 6.45) is 1.90. The lowest BCUT2D eigenvalue weighted by atomic mass is 9.98. The topological polar surface area (TPSA) is 20.2 Å². The van der Waals surface area contributed by atoms with Gasteiger partial charge < -0.3 is 5.11 Å². The molecule has 0 fully saturated rings. The maximum atomic E-state index is 12.8. The van der Waals surface area contributed by atoms with Gasteiger partial charge in [0.25, 0.3) is 0 Å². The van der Waals surface area contributed by atoms with Crippen LogP contribution in [0.25, 0.3) is 0 Å². The molecule has 0 aromatic heterocycles. The zero-order valence-corrected chi connectivity index (χ0v) is 5.56. The second-order valence-corrected chi connectivity index (χ2v) is 2.56. The maximum absolute atomic E-state index is 12.8. The molecule has 56 valence electrons. The Bertz CT molecular complexity index is 204. The van der Waals surface area contributed by atoms with Gasteiger partial charge in [-0.2, -0.15) is 0 Å². The Morgan fingerprint density at radius 3 is 2.70 bits per heavy atom. The summed E-state index contributed by atoms with van der Waals surface area (Å²) in [5.41, 5.74) is -1.60. The second-order valence-electron chi connectivity index (χ2n) is 2.56. The molecule has 0 radical (unpaired) electrons. The van der Waals surface area contributed by atoms with Crippen LogP contribution in [0, 0.1) is 0 Å². The lowest BCUT2D eigenvalue weighted by Crippen LogP contribution is -2.17. The van der Waals surface area contributed by atoms with Gasteiger partial charge in [0, 0.05) is 6.42 Å². The lowest BCUT2D eigenvalue weighted by molar-refractivity contribution is 0.239. The van der Waals surface area contributed by atoms with E-state index >= 15 is 0 Å². The summed E-state index contributed by atoms with van der Waals surface area (Å²) in [5, 5.41) is 8.69. The Morgan fingerprint density at radius 1 is 1.70 bits per heavy atom. The van der Waals surface area contributed by atoms with Gasteiger partial charge in [-0.25, -0.2) is 8.78 Å². The van der Waals surface area contributed by atoms with Crippen molar-refractivity contribution in [3.8, 4) is 0 Å². The van der Waals surface area contributed by atoms with E-state index in [2.05, 4.69) is 0 Å². The molecule has 0 amide bonds. The first-order valence-electron chi connectivity index (χ1n) is 2.98. The summed E-state index contributed by atoms with van der Waals surface area (Å²) in [5.74, 6) is -1.34. The van der Waals surface area contributed by atoms with Gasteiger partial charge in [-0.15, -0.1) is 0 Å². The number of aliphatic hydroxyl groups is 1. The molecule has 1 unspecified atom stereocenters. The Balaban J connectivity index is 2.87. The lowest BCUT2D eigenvalue weighted by Gasteiger charge is -2.17.